The molecule has 0 radical (unpaired) electrons. The van der Waals surface area contributed by atoms with Crippen LogP contribution in [0.2, 0.25) is 0 Å². The van der Waals surface area contributed by atoms with E-state index in [1.165, 1.54) is 32.1 Å². The van der Waals surface area contributed by atoms with Crippen molar-refractivity contribution in [1.82, 2.24) is 14.5 Å². The molecule has 0 spiro atoms. The molecule has 0 bridgehead atoms. The van der Waals surface area contributed by atoms with Crippen molar-refractivity contribution < 1.29 is 8.78 Å². The van der Waals surface area contributed by atoms with Crippen LogP contribution in [-0.2, 0) is 6.54 Å². The van der Waals surface area contributed by atoms with Crippen LogP contribution in [-0.4, -0.2) is 14.5 Å². The van der Waals surface area contributed by atoms with Gasteiger partial charge < -0.3 is 4.57 Å². The van der Waals surface area contributed by atoms with E-state index in [1.807, 2.05) is 18.2 Å². The molecule has 0 aliphatic heterocycles. The Morgan fingerprint density at radius 3 is 2.30 bits per heavy atom. The van der Waals surface area contributed by atoms with Crippen molar-refractivity contribution in [3.05, 3.63) is 48.0 Å². The molecule has 140 valence electrons. The second-order valence-corrected chi connectivity index (χ2v) is 7.09. The van der Waals surface area contributed by atoms with Crippen molar-refractivity contribution in [2.24, 2.45) is 0 Å². The van der Waals surface area contributed by atoms with Crippen LogP contribution in [0.15, 0.2) is 36.4 Å². The molecule has 27 heavy (non-hydrogen) atoms. The van der Waals surface area contributed by atoms with Crippen LogP contribution in [0.3, 0.4) is 0 Å². The number of fused-ring (bicyclic) bond motifs is 4. The Labute approximate surface area is 157 Å². The monoisotopic (exact) mass is 367 g/mol. The maximum absolute atomic E-state index is 13.7. The van der Waals surface area contributed by atoms with Crippen LogP contribution in [0.4, 0.5) is 8.78 Å². The van der Waals surface area contributed by atoms with Gasteiger partial charge in [-0.1, -0.05) is 57.2 Å². The lowest BCUT2D eigenvalue weighted by Gasteiger charge is -2.07. The minimum atomic E-state index is -0.896. The Balaban J connectivity index is 1.76. The third kappa shape index (κ3) is 3.38. The molecule has 0 atom stereocenters. The number of hydrogen-bond acceptors (Lipinski definition) is 2. The SMILES string of the molecule is CCCCCCCCn1c2ccccc2c2nc3cc(F)c(F)cc3nc21. The van der Waals surface area contributed by atoms with Crippen molar-refractivity contribution in [2.45, 2.75) is 52.0 Å². The lowest BCUT2D eigenvalue weighted by Crippen LogP contribution is -2.00. The molecule has 0 fully saturated rings. The summed E-state index contributed by atoms with van der Waals surface area (Å²) in [5.74, 6) is -1.79. The first kappa shape index (κ1) is 17.8. The molecule has 3 nitrogen and oxygen atoms in total. The van der Waals surface area contributed by atoms with Gasteiger partial charge in [0.2, 0.25) is 0 Å². The number of rotatable bonds is 7. The van der Waals surface area contributed by atoms with Gasteiger partial charge in [-0.2, -0.15) is 0 Å². The van der Waals surface area contributed by atoms with E-state index in [2.05, 4.69) is 27.5 Å². The van der Waals surface area contributed by atoms with Crippen LogP contribution >= 0.6 is 0 Å². The molecule has 0 aliphatic carbocycles. The van der Waals surface area contributed by atoms with Crippen LogP contribution in [0.25, 0.3) is 33.1 Å². The van der Waals surface area contributed by atoms with Crippen LogP contribution in [0.1, 0.15) is 45.4 Å². The second kappa shape index (κ2) is 7.59. The molecule has 2 heterocycles. The highest BCUT2D eigenvalue weighted by Gasteiger charge is 2.15. The number of unbranched alkanes of at least 4 members (excludes halogenated alkanes) is 5. The average molecular weight is 367 g/mol. The fraction of sp³-hybridized carbons (Fsp3) is 0.364. The number of aromatic nitrogens is 3. The van der Waals surface area contributed by atoms with Crippen molar-refractivity contribution in [2.75, 3.05) is 0 Å². The van der Waals surface area contributed by atoms with Gasteiger partial charge in [0.05, 0.1) is 16.6 Å². The first-order chi connectivity index (χ1) is 13.2. The normalized spacial score (nSPS) is 11.8. The topological polar surface area (TPSA) is 30.7 Å². The van der Waals surface area contributed by atoms with E-state index in [9.17, 15) is 8.78 Å². The van der Waals surface area contributed by atoms with E-state index in [1.54, 1.807) is 0 Å². The minimum Gasteiger partial charge on any atom is -0.324 e. The predicted octanol–water partition coefficient (Wildman–Crippen LogP) is 6.38. The lowest BCUT2D eigenvalue weighted by atomic mass is 10.1. The molecule has 2 aromatic heterocycles. The van der Waals surface area contributed by atoms with E-state index in [0.717, 1.165) is 47.2 Å². The van der Waals surface area contributed by atoms with Crippen LogP contribution in [0.5, 0.6) is 0 Å². The summed E-state index contributed by atoms with van der Waals surface area (Å²) in [5, 5.41) is 0.998. The summed E-state index contributed by atoms with van der Waals surface area (Å²) in [6.07, 6.45) is 7.29. The maximum Gasteiger partial charge on any atom is 0.161 e. The van der Waals surface area contributed by atoms with E-state index < -0.39 is 11.6 Å². The van der Waals surface area contributed by atoms with E-state index >= 15 is 0 Å². The second-order valence-electron chi connectivity index (χ2n) is 7.09. The van der Waals surface area contributed by atoms with Gasteiger partial charge in [0.15, 0.2) is 17.3 Å². The molecule has 0 N–H and O–H groups in total. The standard InChI is InChI=1S/C22H23F2N3/c1-2-3-4-5-6-9-12-27-20-11-8-7-10-15(20)21-22(27)26-19-14-17(24)16(23)13-18(19)25-21/h7-8,10-11,13-14H,2-6,9,12H2,1H3. The predicted molar refractivity (Wildman–Crippen MR) is 106 cm³/mol. The van der Waals surface area contributed by atoms with Gasteiger partial charge in [0.1, 0.15) is 5.52 Å². The Hall–Kier alpha value is -2.56. The smallest absolute Gasteiger partial charge is 0.161 e. The Kier molecular flexibility index (Phi) is 5.01. The summed E-state index contributed by atoms with van der Waals surface area (Å²) in [6, 6.07) is 10.3. The van der Waals surface area contributed by atoms with Gasteiger partial charge in [-0.05, 0) is 12.5 Å². The largest absolute Gasteiger partial charge is 0.324 e. The molecular weight excluding hydrogens is 344 g/mol. The molecule has 0 unspecified atom stereocenters. The molecule has 0 saturated heterocycles. The molecular formula is C22H23F2N3. The van der Waals surface area contributed by atoms with E-state index in [0.29, 0.717) is 11.0 Å². The fourth-order valence-electron chi connectivity index (χ4n) is 3.71. The molecule has 4 rings (SSSR count). The Bertz CT molecular complexity index is 1100. The molecule has 0 amide bonds. The number of aryl methyl sites for hydroxylation is 1. The summed E-state index contributed by atoms with van der Waals surface area (Å²) < 4.78 is 29.4. The lowest BCUT2D eigenvalue weighted by molar-refractivity contribution is 0.510. The zero-order chi connectivity index (χ0) is 18.8. The van der Waals surface area contributed by atoms with Crippen molar-refractivity contribution in [1.29, 1.82) is 0 Å². The van der Waals surface area contributed by atoms with Crippen molar-refractivity contribution in [3.8, 4) is 0 Å². The first-order valence-corrected chi connectivity index (χ1v) is 9.72. The maximum atomic E-state index is 13.7. The van der Waals surface area contributed by atoms with Gasteiger partial charge in [0.25, 0.3) is 0 Å². The highest BCUT2D eigenvalue weighted by molar-refractivity contribution is 6.06. The molecule has 0 saturated carbocycles. The number of hydrogen-bond donors (Lipinski definition) is 0. The zero-order valence-electron chi connectivity index (χ0n) is 15.5. The molecule has 2 aromatic carbocycles. The van der Waals surface area contributed by atoms with Crippen LogP contribution < -0.4 is 0 Å². The number of para-hydroxylation sites is 1. The van der Waals surface area contributed by atoms with Gasteiger partial charge >= 0.3 is 0 Å². The molecule has 0 aliphatic rings. The highest BCUT2D eigenvalue weighted by Crippen LogP contribution is 2.29. The number of halogens is 2. The summed E-state index contributed by atoms with van der Waals surface area (Å²) in [7, 11) is 0. The average Bonchev–Trinajstić information content (AvgIpc) is 2.97. The minimum absolute atomic E-state index is 0.379. The Morgan fingerprint density at radius 1 is 0.852 bits per heavy atom. The van der Waals surface area contributed by atoms with Crippen LogP contribution in [0, 0.1) is 11.6 Å². The molecule has 5 heteroatoms. The van der Waals surface area contributed by atoms with Gasteiger partial charge in [-0.25, -0.2) is 18.7 Å². The quantitative estimate of drug-likeness (QED) is 0.355. The summed E-state index contributed by atoms with van der Waals surface area (Å²) in [5.41, 5.74) is 3.31. The van der Waals surface area contributed by atoms with Gasteiger partial charge in [0, 0.05) is 24.1 Å². The fourth-order valence-corrected chi connectivity index (χ4v) is 3.71. The van der Waals surface area contributed by atoms with E-state index in [-0.39, 0.29) is 0 Å². The first-order valence-electron chi connectivity index (χ1n) is 9.72. The molecule has 4 aromatic rings. The van der Waals surface area contributed by atoms with Gasteiger partial charge in [-0.15, -0.1) is 0 Å². The zero-order valence-corrected chi connectivity index (χ0v) is 15.5. The number of benzene rings is 2. The Morgan fingerprint density at radius 2 is 1.52 bits per heavy atom. The van der Waals surface area contributed by atoms with Crippen molar-refractivity contribution in [3.63, 3.8) is 0 Å². The summed E-state index contributed by atoms with van der Waals surface area (Å²) in [6.45, 7) is 3.07. The van der Waals surface area contributed by atoms with Crippen molar-refractivity contribution >= 4 is 33.1 Å². The van der Waals surface area contributed by atoms with Gasteiger partial charge in [-0.3, -0.25) is 0 Å². The highest BCUT2D eigenvalue weighted by atomic mass is 19.2. The summed E-state index contributed by atoms with van der Waals surface area (Å²) in [4.78, 5) is 9.25. The summed E-state index contributed by atoms with van der Waals surface area (Å²) >= 11 is 0. The van der Waals surface area contributed by atoms with E-state index in [4.69, 9.17) is 0 Å². The third-order valence-electron chi connectivity index (χ3n) is 5.13. The third-order valence-corrected chi connectivity index (χ3v) is 5.13. The number of nitrogens with zero attached hydrogens (tertiary/aromatic N) is 3.